The summed E-state index contributed by atoms with van der Waals surface area (Å²) in [6.07, 6.45) is 0. The van der Waals surface area contributed by atoms with Gasteiger partial charge in [-0.1, -0.05) is 6.07 Å². The van der Waals surface area contributed by atoms with Crippen molar-refractivity contribution < 1.29 is 14.6 Å². The van der Waals surface area contributed by atoms with Gasteiger partial charge in [-0.2, -0.15) is 0 Å². The fraction of sp³-hybridized carbons (Fsp3) is 0.250. The SMILES string of the molecule is CCOC(=O)c1cc2c([NH+](C)[O-])cccc2[nH]1. The first-order chi connectivity index (χ1) is 8.13. The number of rotatable bonds is 3. The number of esters is 1. The van der Waals surface area contributed by atoms with E-state index < -0.39 is 5.97 Å². The molecule has 0 radical (unpaired) electrons. The van der Waals surface area contributed by atoms with E-state index in [1.54, 1.807) is 25.1 Å². The van der Waals surface area contributed by atoms with Gasteiger partial charge in [0.05, 0.1) is 24.6 Å². The molecular weight excluding hydrogens is 220 g/mol. The van der Waals surface area contributed by atoms with Gasteiger partial charge in [0.1, 0.15) is 11.4 Å². The van der Waals surface area contributed by atoms with Crippen LogP contribution in [-0.2, 0) is 4.74 Å². The number of aromatic nitrogens is 1. The Bertz CT molecular complexity index is 546. The van der Waals surface area contributed by atoms with E-state index in [1.165, 1.54) is 7.05 Å². The largest absolute Gasteiger partial charge is 0.629 e. The monoisotopic (exact) mass is 234 g/mol. The molecule has 0 bridgehead atoms. The molecule has 0 amide bonds. The van der Waals surface area contributed by atoms with Gasteiger partial charge in [-0.25, -0.2) is 4.79 Å². The van der Waals surface area contributed by atoms with Gasteiger partial charge in [-0.05, 0) is 19.1 Å². The lowest BCUT2D eigenvalue weighted by molar-refractivity contribution is -0.750. The highest BCUT2D eigenvalue weighted by Gasteiger charge is 2.13. The van der Waals surface area contributed by atoms with Crippen LogP contribution in [0.3, 0.4) is 0 Å². The lowest BCUT2D eigenvalue weighted by Gasteiger charge is -2.15. The maximum Gasteiger partial charge on any atom is 0.354 e. The second kappa shape index (κ2) is 4.57. The minimum atomic E-state index is -0.404. The highest BCUT2D eigenvalue weighted by Crippen LogP contribution is 2.21. The van der Waals surface area contributed by atoms with Crippen LogP contribution >= 0.6 is 0 Å². The predicted octanol–water partition coefficient (Wildman–Crippen LogP) is 0.989. The zero-order valence-electron chi connectivity index (χ0n) is 9.74. The van der Waals surface area contributed by atoms with Gasteiger partial charge in [0.25, 0.3) is 0 Å². The minimum Gasteiger partial charge on any atom is -0.629 e. The van der Waals surface area contributed by atoms with Crippen molar-refractivity contribution in [3.8, 4) is 0 Å². The van der Waals surface area contributed by atoms with Crippen molar-refractivity contribution in [2.75, 3.05) is 13.7 Å². The van der Waals surface area contributed by atoms with Gasteiger partial charge in [0.2, 0.25) is 0 Å². The number of hydrogen-bond acceptors (Lipinski definition) is 3. The highest BCUT2D eigenvalue weighted by atomic mass is 16.5. The van der Waals surface area contributed by atoms with Crippen LogP contribution in [0.1, 0.15) is 17.4 Å². The number of ether oxygens (including phenoxy) is 1. The summed E-state index contributed by atoms with van der Waals surface area (Å²) < 4.78 is 4.90. The molecule has 0 aliphatic heterocycles. The molecule has 1 atom stereocenters. The smallest absolute Gasteiger partial charge is 0.354 e. The van der Waals surface area contributed by atoms with Crippen molar-refractivity contribution in [1.29, 1.82) is 0 Å². The minimum absolute atomic E-state index is 0.0231. The summed E-state index contributed by atoms with van der Waals surface area (Å²) in [4.78, 5) is 14.5. The molecule has 0 saturated carbocycles. The summed E-state index contributed by atoms with van der Waals surface area (Å²) in [6, 6.07) is 7.01. The van der Waals surface area contributed by atoms with Crippen LogP contribution in [0.25, 0.3) is 10.9 Å². The second-order valence-corrected chi connectivity index (χ2v) is 3.73. The molecule has 0 aliphatic rings. The zero-order valence-corrected chi connectivity index (χ0v) is 9.74. The number of benzene rings is 1. The van der Waals surface area contributed by atoms with Crippen molar-refractivity contribution in [1.82, 2.24) is 4.98 Å². The van der Waals surface area contributed by atoms with Crippen molar-refractivity contribution >= 4 is 22.6 Å². The van der Waals surface area contributed by atoms with Crippen molar-refractivity contribution in [2.45, 2.75) is 6.92 Å². The van der Waals surface area contributed by atoms with Crippen molar-refractivity contribution in [3.05, 3.63) is 35.2 Å². The fourth-order valence-electron chi connectivity index (χ4n) is 1.78. The molecular formula is C12H14N2O3. The van der Waals surface area contributed by atoms with Gasteiger partial charge in [-0.3, -0.25) is 0 Å². The Hall–Kier alpha value is -1.85. The number of nitrogens with one attached hydrogen (secondary N) is 2. The fourth-order valence-corrected chi connectivity index (χ4v) is 1.78. The van der Waals surface area contributed by atoms with E-state index >= 15 is 0 Å². The van der Waals surface area contributed by atoms with E-state index in [-0.39, 0.29) is 5.06 Å². The highest BCUT2D eigenvalue weighted by molar-refractivity contribution is 5.98. The molecule has 90 valence electrons. The number of H-pyrrole nitrogens is 1. The quantitative estimate of drug-likeness (QED) is 0.614. The summed E-state index contributed by atoms with van der Waals surface area (Å²) in [5, 5.41) is 12.2. The summed E-state index contributed by atoms with van der Waals surface area (Å²) in [5.74, 6) is -0.404. The van der Waals surface area contributed by atoms with Crippen LogP contribution in [0.5, 0.6) is 0 Å². The molecule has 1 unspecified atom stereocenters. The Morgan fingerprint density at radius 1 is 1.53 bits per heavy atom. The van der Waals surface area contributed by atoms with Crippen LogP contribution in [-0.4, -0.2) is 24.6 Å². The van der Waals surface area contributed by atoms with Gasteiger partial charge in [-0.15, -0.1) is 0 Å². The Kier molecular flexibility index (Phi) is 3.12. The summed E-state index contributed by atoms with van der Waals surface area (Å²) in [6.45, 7) is 2.08. The van der Waals surface area contributed by atoms with E-state index in [9.17, 15) is 10.0 Å². The maximum absolute atomic E-state index is 11.6. The van der Waals surface area contributed by atoms with Gasteiger partial charge < -0.3 is 20.0 Å². The lowest BCUT2D eigenvalue weighted by Crippen LogP contribution is -2.98. The molecule has 1 aromatic carbocycles. The molecule has 2 aromatic rings. The van der Waals surface area contributed by atoms with Crippen LogP contribution < -0.4 is 5.06 Å². The first kappa shape index (κ1) is 11.6. The molecule has 0 spiro atoms. The van der Waals surface area contributed by atoms with Crippen LogP contribution in [0.2, 0.25) is 0 Å². The molecule has 17 heavy (non-hydrogen) atoms. The zero-order chi connectivity index (χ0) is 12.4. The van der Waals surface area contributed by atoms with E-state index in [2.05, 4.69) is 4.98 Å². The van der Waals surface area contributed by atoms with Gasteiger partial charge >= 0.3 is 5.97 Å². The Morgan fingerprint density at radius 2 is 2.29 bits per heavy atom. The molecule has 2 N–H and O–H groups in total. The second-order valence-electron chi connectivity index (χ2n) is 3.73. The number of hydrogen-bond donors (Lipinski definition) is 2. The third kappa shape index (κ3) is 2.15. The number of carbonyl (C=O) groups is 1. The molecule has 0 aliphatic carbocycles. The van der Waals surface area contributed by atoms with Crippen LogP contribution in [0.4, 0.5) is 5.69 Å². The topological polar surface area (TPSA) is 69.6 Å². The van der Waals surface area contributed by atoms with Crippen LogP contribution in [0, 0.1) is 5.21 Å². The normalized spacial score (nSPS) is 12.6. The molecule has 2 rings (SSSR count). The number of hydroxylamine groups is 1. The standard InChI is InChI=1S/C12H14N2O3/c1-3-17-12(15)10-7-8-9(13-10)5-4-6-11(8)14(2)16/h4-7,13-14H,3H2,1-2H3. The summed E-state index contributed by atoms with van der Waals surface area (Å²) in [5.41, 5.74) is 1.74. The van der Waals surface area contributed by atoms with Gasteiger partial charge in [0.15, 0.2) is 0 Å². The third-order valence-electron chi connectivity index (χ3n) is 2.54. The number of aromatic amines is 1. The molecule has 1 heterocycles. The number of quaternary nitrogens is 1. The maximum atomic E-state index is 11.6. The van der Waals surface area contributed by atoms with E-state index in [0.717, 1.165) is 10.9 Å². The average molecular weight is 234 g/mol. The third-order valence-corrected chi connectivity index (χ3v) is 2.54. The predicted molar refractivity (Wildman–Crippen MR) is 64.2 cm³/mol. The molecule has 5 nitrogen and oxygen atoms in total. The average Bonchev–Trinajstić information content (AvgIpc) is 2.72. The molecule has 1 aromatic heterocycles. The first-order valence-electron chi connectivity index (χ1n) is 5.43. The van der Waals surface area contributed by atoms with E-state index in [0.29, 0.717) is 18.0 Å². The van der Waals surface area contributed by atoms with Crippen LogP contribution in [0.15, 0.2) is 24.3 Å². The van der Waals surface area contributed by atoms with E-state index in [1.807, 2.05) is 6.07 Å². The molecule has 0 fully saturated rings. The summed E-state index contributed by atoms with van der Waals surface area (Å²) in [7, 11) is 1.51. The number of fused-ring (bicyclic) bond motifs is 1. The molecule has 5 heteroatoms. The lowest BCUT2D eigenvalue weighted by atomic mass is 10.2. The number of carbonyl (C=O) groups excluding carboxylic acids is 1. The first-order valence-corrected chi connectivity index (χ1v) is 5.43. The summed E-state index contributed by atoms with van der Waals surface area (Å²) >= 11 is 0. The Labute approximate surface area is 98.6 Å². The van der Waals surface area contributed by atoms with E-state index in [4.69, 9.17) is 4.74 Å². The van der Waals surface area contributed by atoms with Gasteiger partial charge in [0, 0.05) is 6.07 Å². The van der Waals surface area contributed by atoms with Crippen molar-refractivity contribution in [2.24, 2.45) is 0 Å². The Balaban J connectivity index is 2.50. The Morgan fingerprint density at radius 3 is 2.94 bits per heavy atom. The molecule has 0 saturated heterocycles. The van der Waals surface area contributed by atoms with Crippen molar-refractivity contribution in [3.63, 3.8) is 0 Å².